The maximum atomic E-state index is 11.4. The summed E-state index contributed by atoms with van der Waals surface area (Å²) < 4.78 is 4.36. The number of methoxy groups -OCH3 is 1. The molecule has 6 nitrogen and oxygen atoms in total. The third-order valence-corrected chi connectivity index (χ3v) is 2.44. The van der Waals surface area contributed by atoms with Crippen molar-refractivity contribution in [2.45, 2.75) is 0 Å². The second kappa shape index (κ2) is 5.67. The fraction of sp³-hybridized carbons (Fsp3) is 0.778. The van der Waals surface area contributed by atoms with Crippen LogP contribution in [-0.4, -0.2) is 73.2 Å². The number of aliphatic hydroxyl groups excluding tert-OH is 1. The van der Waals surface area contributed by atoms with Gasteiger partial charge in [0.2, 0.25) is 0 Å². The number of hydrogen-bond acceptors (Lipinski definition) is 5. The smallest absolute Gasteiger partial charge is 0.396 e. The molecule has 0 aliphatic carbocycles. The number of esters is 1. The Morgan fingerprint density at radius 2 is 1.87 bits per heavy atom. The van der Waals surface area contributed by atoms with Crippen LogP contribution in [0.1, 0.15) is 0 Å². The summed E-state index contributed by atoms with van der Waals surface area (Å²) in [6, 6.07) is 0. The van der Waals surface area contributed by atoms with Crippen molar-refractivity contribution in [3.63, 3.8) is 0 Å². The zero-order chi connectivity index (χ0) is 11.3. The van der Waals surface area contributed by atoms with E-state index in [-0.39, 0.29) is 6.61 Å². The molecule has 1 saturated heterocycles. The number of aliphatic hydroxyl groups is 1. The van der Waals surface area contributed by atoms with Crippen molar-refractivity contribution in [2.75, 3.05) is 46.4 Å². The normalized spacial score (nSPS) is 17.6. The molecule has 0 aromatic carbocycles. The van der Waals surface area contributed by atoms with Gasteiger partial charge in [-0.25, -0.2) is 4.79 Å². The lowest BCUT2D eigenvalue weighted by Crippen LogP contribution is -2.51. The SMILES string of the molecule is COC(=O)C(=O)N1CCN(CCO)CC1. The molecule has 0 spiro atoms. The first kappa shape index (κ1) is 11.9. The second-order valence-electron chi connectivity index (χ2n) is 3.35. The summed E-state index contributed by atoms with van der Waals surface area (Å²) in [5.41, 5.74) is 0. The van der Waals surface area contributed by atoms with Crippen LogP contribution in [0, 0.1) is 0 Å². The van der Waals surface area contributed by atoms with E-state index in [9.17, 15) is 9.59 Å². The van der Waals surface area contributed by atoms with Gasteiger partial charge >= 0.3 is 11.9 Å². The van der Waals surface area contributed by atoms with E-state index in [0.717, 1.165) is 0 Å². The quantitative estimate of drug-likeness (QED) is 0.440. The van der Waals surface area contributed by atoms with E-state index >= 15 is 0 Å². The molecule has 0 saturated carbocycles. The minimum Gasteiger partial charge on any atom is -0.462 e. The molecule has 86 valence electrons. The summed E-state index contributed by atoms with van der Waals surface area (Å²) >= 11 is 0. The van der Waals surface area contributed by atoms with Crippen LogP contribution < -0.4 is 0 Å². The lowest BCUT2D eigenvalue weighted by atomic mass is 10.3. The van der Waals surface area contributed by atoms with Crippen molar-refractivity contribution in [3.8, 4) is 0 Å². The van der Waals surface area contributed by atoms with Gasteiger partial charge in [-0.15, -0.1) is 0 Å². The Bertz CT molecular complexity index is 236. The number of ether oxygens (including phenoxy) is 1. The van der Waals surface area contributed by atoms with Crippen molar-refractivity contribution in [1.82, 2.24) is 9.80 Å². The first-order valence-electron chi connectivity index (χ1n) is 4.89. The first-order valence-corrected chi connectivity index (χ1v) is 4.89. The molecule has 0 aromatic heterocycles. The Hall–Kier alpha value is -1.14. The number of carbonyl (C=O) groups excluding carboxylic acids is 2. The lowest BCUT2D eigenvalue weighted by Gasteiger charge is -2.33. The van der Waals surface area contributed by atoms with Gasteiger partial charge in [0.25, 0.3) is 0 Å². The molecule has 0 unspecified atom stereocenters. The Morgan fingerprint density at radius 1 is 1.27 bits per heavy atom. The highest BCUT2D eigenvalue weighted by Gasteiger charge is 2.25. The van der Waals surface area contributed by atoms with Gasteiger partial charge in [-0.2, -0.15) is 0 Å². The van der Waals surface area contributed by atoms with E-state index in [4.69, 9.17) is 5.11 Å². The third-order valence-electron chi connectivity index (χ3n) is 2.44. The Labute approximate surface area is 88.4 Å². The van der Waals surface area contributed by atoms with Crippen LogP contribution in [0.3, 0.4) is 0 Å². The topological polar surface area (TPSA) is 70.1 Å². The van der Waals surface area contributed by atoms with Crippen molar-refractivity contribution < 1.29 is 19.4 Å². The molecule has 1 aliphatic rings. The number of nitrogens with zero attached hydrogens (tertiary/aromatic N) is 2. The molecule has 1 amide bonds. The number of rotatable bonds is 2. The van der Waals surface area contributed by atoms with Gasteiger partial charge in [0.05, 0.1) is 13.7 Å². The highest BCUT2D eigenvalue weighted by atomic mass is 16.5. The molecule has 0 radical (unpaired) electrons. The average Bonchev–Trinajstić information content (AvgIpc) is 2.28. The summed E-state index contributed by atoms with van der Waals surface area (Å²) in [7, 11) is 1.20. The average molecular weight is 216 g/mol. The van der Waals surface area contributed by atoms with Gasteiger partial charge in [0, 0.05) is 32.7 Å². The highest BCUT2D eigenvalue weighted by Crippen LogP contribution is 2.02. The molecular formula is C9H16N2O4. The standard InChI is InChI=1S/C9H16N2O4/c1-15-9(14)8(13)11-4-2-10(3-5-11)6-7-12/h12H,2-7H2,1H3. The molecule has 1 fully saturated rings. The third kappa shape index (κ3) is 3.17. The monoisotopic (exact) mass is 216 g/mol. The van der Waals surface area contributed by atoms with Crippen LogP contribution in [0.25, 0.3) is 0 Å². The highest BCUT2D eigenvalue weighted by molar-refractivity contribution is 6.32. The molecule has 15 heavy (non-hydrogen) atoms. The minimum absolute atomic E-state index is 0.116. The zero-order valence-corrected chi connectivity index (χ0v) is 8.81. The molecular weight excluding hydrogens is 200 g/mol. The van der Waals surface area contributed by atoms with E-state index in [2.05, 4.69) is 4.74 Å². The van der Waals surface area contributed by atoms with Crippen molar-refractivity contribution in [2.24, 2.45) is 0 Å². The number of carbonyl (C=O) groups is 2. The first-order chi connectivity index (χ1) is 7.19. The van der Waals surface area contributed by atoms with Crippen molar-refractivity contribution >= 4 is 11.9 Å². The summed E-state index contributed by atoms with van der Waals surface area (Å²) in [6.07, 6.45) is 0. The van der Waals surface area contributed by atoms with Crippen molar-refractivity contribution in [3.05, 3.63) is 0 Å². The minimum atomic E-state index is -0.814. The fourth-order valence-corrected chi connectivity index (χ4v) is 1.53. The fourth-order valence-electron chi connectivity index (χ4n) is 1.53. The number of amides is 1. The summed E-state index contributed by atoms with van der Waals surface area (Å²) in [4.78, 5) is 25.8. The Morgan fingerprint density at radius 3 is 2.33 bits per heavy atom. The Kier molecular flexibility index (Phi) is 4.51. The van der Waals surface area contributed by atoms with Crippen LogP contribution >= 0.6 is 0 Å². The predicted octanol–water partition coefficient (Wildman–Crippen LogP) is -1.70. The Balaban J connectivity index is 2.37. The maximum Gasteiger partial charge on any atom is 0.396 e. The van der Waals surface area contributed by atoms with Gasteiger partial charge in [-0.3, -0.25) is 9.69 Å². The number of β-amino-alcohol motifs (C(OH)–C–C–N with tert-alkyl or cyclic N) is 1. The molecule has 1 rings (SSSR count). The van der Waals surface area contributed by atoms with E-state index in [1.54, 1.807) is 0 Å². The van der Waals surface area contributed by atoms with Gasteiger partial charge in [-0.1, -0.05) is 0 Å². The van der Waals surface area contributed by atoms with E-state index in [1.807, 2.05) is 4.90 Å². The summed E-state index contributed by atoms with van der Waals surface area (Å²) in [5.74, 6) is -1.40. The summed E-state index contributed by atoms with van der Waals surface area (Å²) in [6.45, 7) is 3.11. The molecule has 1 N–H and O–H groups in total. The van der Waals surface area contributed by atoms with Gasteiger partial charge < -0.3 is 14.7 Å². The predicted molar refractivity (Wildman–Crippen MR) is 52.1 cm³/mol. The van der Waals surface area contributed by atoms with Gasteiger partial charge in [-0.05, 0) is 0 Å². The van der Waals surface area contributed by atoms with Crippen LogP contribution in [0.4, 0.5) is 0 Å². The van der Waals surface area contributed by atoms with E-state index in [0.29, 0.717) is 32.7 Å². The maximum absolute atomic E-state index is 11.4. The number of hydrogen-bond donors (Lipinski definition) is 1. The van der Waals surface area contributed by atoms with Gasteiger partial charge in [0.1, 0.15) is 0 Å². The zero-order valence-electron chi connectivity index (χ0n) is 8.81. The molecule has 1 heterocycles. The van der Waals surface area contributed by atoms with Crippen LogP contribution in [0.15, 0.2) is 0 Å². The molecule has 6 heteroatoms. The van der Waals surface area contributed by atoms with E-state index < -0.39 is 11.9 Å². The van der Waals surface area contributed by atoms with Crippen LogP contribution in [-0.2, 0) is 14.3 Å². The number of piperazine rings is 1. The summed E-state index contributed by atoms with van der Waals surface area (Å²) in [5, 5.41) is 8.72. The van der Waals surface area contributed by atoms with Crippen LogP contribution in [0.2, 0.25) is 0 Å². The lowest BCUT2D eigenvalue weighted by molar-refractivity contribution is -0.159. The second-order valence-corrected chi connectivity index (χ2v) is 3.35. The molecule has 0 bridgehead atoms. The molecule has 0 aromatic rings. The van der Waals surface area contributed by atoms with E-state index in [1.165, 1.54) is 12.0 Å². The van der Waals surface area contributed by atoms with Crippen LogP contribution in [0.5, 0.6) is 0 Å². The molecule has 1 aliphatic heterocycles. The van der Waals surface area contributed by atoms with Gasteiger partial charge in [0.15, 0.2) is 0 Å². The van der Waals surface area contributed by atoms with Crippen molar-refractivity contribution in [1.29, 1.82) is 0 Å². The largest absolute Gasteiger partial charge is 0.462 e. The molecule has 0 atom stereocenters.